The Kier molecular flexibility index (Phi) is 4.61. The van der Waals surface area contributed by atoms with Crippen LogP contribution in [-0.2, 0) is 21.4 Å². The van der Waals surface area contributed by atoms with Crippen LogP contribution >= 0.6 is 0 Å². The van der Waals surface area contributed by atoms with Crippen molar-refractivity contribution in [2.45, 2.75) is 32.3 Å². The van der Waals surface area contributed by atoms with E-state index in [1.54, 1.807) is 18.0 Å². The second kappa shape index (κ2) is 6.70. The lowest BCUT2D eigenvalue weighted by atomic mass is 10.3. The van der Waals surface area contributed by atoms with Gasteiger partial charge in [-0.2, -0.15) is 0 Å². The van der Waals surface area contributed by atoms with Gasteiger partial charge in [0.25, 0.3) is 5.56 Å². The number of aromatic nitrogens is 1. The monoisotopic (exact) mass is 347 g/mol. The van der Waals surface area contributed by atoms with Crippen LogP contribution in [0.2, 0.25) is 0 Å². The van der Waals surface area contributed by atoms with Crippen LogP contribution in [0.15, 0.2) is 16.9 Å². The number of carbonyl (C=O) groups is 3. The molecule has 134 valence electrons. The maximum absolute atomic E-state index is 12.3. The molecule has 3 heterocycles. The van der Waals surface area contributed by atoms with Gasteiger partial charge in [0, 0.05) is 44.6 Å². The van der Waals surface area contributed by atoms with Gasteiger partial charge in [-0.3, -0.25) is 24.1 Å². The van der Waals surface area contributed by atoms with E-state index in [9.17, 15) is 19.2 Å². The molecule has 2 fully saturated rings. The second-order valence-electron chi connectivity index (χ2n) is 6.47. The van der Waals surface area contributed by atoms with E-state index in [1.807, 2.05) is 6.92 Å². The maximum Gasteiger partial charge on any atom is 0.254 e. The van der Waals surface area contributed by atoms with E-state index < -0.39 is 0 Å². The molecule has 1 unspecified atom stereocenters. The minimum Gasteiger partial charge on any atom is -0.488 e. The third-order valence-corrected chi connectivity index (χ3v) is 4.73. The van der Waals surface area contributed by atoms with Crippen LogP contribution in [0, 0.1) is 6.92 Å². The number of imide groups is 1. The fourth-order valence-corrected chi connectivity index (χ4v) is 3.08. The van der Waals surface area contributed by atoms with E-state index in [0.717, 1.165) is 10.6 Å². The third-order valence-electron chi connectivity index (χ3n) is 4.73. The third kappa shape index (κ3) is 3.57. The molecule has 1 atom stereocenters. The summed E-state index contributed by atoms with van der Waals surface area (Å²) < 4.78 is 7.36. The van der Waals surface area contributed by atoms with Gasteiger partial charge >= 0.3 is 0 Å². The lowest BCUT2D eigenvalue weighted by molar-refractivity contribution is -0.145. The summed E-state index contributed by atoms with van der Waals surface area (Å²) >= 11 is 0. The average Bonchev–Trinajstić information content (AvgIpc) is 3.14. The molecule has 0 saturated carbocycles. The highest BCUT2D eigenvalue weighted by atomic mass is 16.5. The van der Waals surface area contributed by atoms with Crippen LogP contribution in [0.25, 0.3) is 0 Å². The minimum absolute atomic E-state index is 0.146. The summed E-state index contributed by atoms with van der Waals surface area (Å²) in [6, 6.07) is 3.21. The molecule has 3 amide bonds. The average molecular weight is 347 g/mol. The Hall–Kier alpha value is -2.64. The SMILES string of the molecule is Cc1cc(OC2CCN(C(=O)CN3C(=O)CCC3=O)C2)cc(=O)n1C. The molecule has 8 heteroatoms. The number of likely N-dealkylation sites (tertiary alicyclic amines) is 2. The smallest absolute Gasteiger partial charge is 0.254 e. The molecule has 0 aromatic carbocycles. The highest BCUT2D eigenvalue weighted by Crippen LogP contribution is 2.19. The van der Waals surface area contributed by atoms with E-state index in [2.05, 4.69) is 0 Å². The van der Waals surface area contributed by atoms with Crippen LogP contribution < -0.4 is 10.3 Å². The van der Waals surface area contributed by atoms with Gasteiger partial charge in [0.2, 0.25) is 17.7 Å². The Bertz CT molecular complexity index is 769. The van der Waals surface area contributed by atoms with Gasteiger partial charge in [0.05, 0.1) is 6.54 Å². The summed E-state index contributed by atoms with van der Waals surface area (Å²) in [6.07, 6.45) is 0.794. The number of hydrogen-bond acceptors (Lipinski definition) is 5. The number of nitrogens with zero attached hydrogens (tertiary/aromatic N) is 3. The highest BCUT2D eigenvalue weighted by Gasteiger charge is 2.34. The first-order valence-corrected chi connectivity index (χ1v) is 8.30. The molecule has 25 heavy (non-hydrogen) atoms. The molecule has 8 nitrogen and oxygen atoms in total. The number of rotatable bonds is 4. The van der Waals surface area contributed by atoms with Crippen molar-refractivity contribution in [2.24, 2.45) is 7.05 Å². The van der Waals surface area contributed by atoms with Crippen LogP contribution in [0.5, 0.6) is 5.75 Å². The van der Waals surface area contributed by atoms with Crippen LogP contribution in [-0.4, -0.2) is 57.8 Å². The van der Waals surface area contributed by atoms with E-state index in [0.29, 0.717) is 25.3 Å². The molecule has 3 rings (SSSR count). The molecule has 0 bridgehead atoms. The van der Waals surface area contributed by atoms with E-state index >= 15 is 0 Å². The van der Waals surface area contributed by atoms with Crippen molar-refractivity contribution in [1.29, 1.82) is 0 Å². The Morgan fingerprint density at radius 1 is 1.20 bits per heavy atom. The lowest BCUT2D eigenvalue weighted by Crippen LogP contribution is -2.42. The first-order valence-electron chi connectivity index (χ1n) is 8.30. The van der Waals surface area contributed by atoms with Crippen LogP contribution in [0.3, 0.4) is 0 Å². The summed E-state index contributed by atoms with van der Waals surface area (Å²) in [5, 5.41) is 0. The predicted molar refractivity (Wildman–Crippen MR) is 88.0 cm³/mol. The summed E-state index contributed by atoms with van der Waals surface area (Å²) in [5.74, 6) is -0.346. The molecule has 2 aliphatic heterocycles. The fraction of sp³-hybridized carbons (Fsp3) is 0.529. The molecule has 0 N–H and O–H groups in total. The fourth-order valence-electron chi connectivity index (χ4n) is 3.08. The first kappa shape index (κ1) is 17.2. The number of ether oxygens (including phenoxy) is 1. The summed E-state index contributed by atoms with van der Waals surface area (Å²) in [7, 11) is 1.69. The number of aryl methyl sites for hydroxylation is 1. The van der Waals surface area contributed by atoms with Gasteiger partial charge in [0.15, 0.2) is 0 Å². The predicted octanol–water partition coefficient (Wildman–Crippen LogP) is -0.178. The van der Waals surface area contributed by atoms with Crippen molar-refractivity contribution in [2.75, 3.05) is 19.6 Å². The molecule has 0 aliphatic carbocycles. The van der Waals surface area contributed by atoms with Crippen LogP contribution in [0.1, 0.15) is 25.0 Å². The number of hydrogen-bond donors (Lipinski definition) is 0. The zero-order chi connectivity index (χ0) is 18.1. The van der Waals surface area contributed by atoms with E-state index in [1.165, 1.54) is 10.6 Å². The largest absolute Gasteiger partial charge is 0.488 e. The van der Waals surface area contributed by atoms with Gasteiger partial charge in [-0.15, -0.1) is 0 Å². The molecular weight excluding hydrogens is 326 g/mol. The van der Waals surface area contributed by atoms with Crippen LogP contribution in [0.4, 0.5) is 0 Å². The normalized spacial score (nSPS) is 20.5. The van der Waals surface area contributed by atoms with Crippen molar-refractivity contribution >= 4 is 17.7 Å². The number of amides is 3. The van der Waals surface area contributed by atoms with Crippen molar-refractivity contribution in [3.63, 3.8) is 0 Å². The number of pyridine rings is 1. The highest BCUT2D eigenvalue weighted by molar-refractivity contribution is 6.04. The molecule has 0 radical (unpaired) electrons. The van der Waals surface area contributed by atoms with Gasteiger partial charge in [-0.25, -0.2) is 0 Å². The summed E-state index contributed by atoms with van der Waals surface area (Å²) in [4.78, 5) is 50.0. The van der Waals surface area contributed by atoms with Gasteiger partial charge < -0.3 is 14.2 Å². The second-order valence-corrected chi connectivity index (χ2v) is 6.47. The zero-order valence-electron chi connectivity index (χ0n) is 14.4. The van der Waals surface area contributed by atoms with Gasteiger partial charge in [0.1, 0.15) is 18.4 Å². The first-order chi connectivity index (χ1) is 11.8. The standard InChI is InChI=1S/C17H21N3O5/c1-11-7-13(8-16(23)18(11)2)25-12-5-6-19(9-12)17(24)10-20-14(21)3-4-15(20)22/h7-8,12H,3-6,9-10H2,1-2H3. The topological polar surface area (TPSA) is 88.9 Å². The molecular formula is C17H21N3O5. The maximum atomic E-state index is 12.3. The minimum atomic E-state index is -0.291. The molecule has 0 spiro atoms. The quantitative estimate of drug-likeness (QED) is 0.705. The molecule has 2 aliphatic rings. The Morgan fingerprint density at radius 2 is 1.88 bits per heavy atom. The molecule has 1 aromatic heterocycles. The van der Waals surface area contributed by atoms with Crippen molar-refractivity contribution in [3.05, 3.63) is 28.2 Å². The van der Waals surface area contributed by atoms with Crippen molar-refractivity contribution in [1.82, 2.24) is 14.4 Å². The summed E-state index contributed by atoms with van der Waals surface area (Å²) in [5.41, 5.74) is 0.645. The summed E-state index contributed by atoms with van der Waals surface area (Å²) in [6.45, 7) is 2.51. The lowest BCUT2D eigenvalue weighted by Gasteiger charge is -2.20. The Labute approximate surface area is 145 Å². The van der Waals surface area contributed by atoms with E-state index in [-0.39, 0.29) is 48.8 Å². The number of carbonyl (C=O) groups excluding carboxylic acids is 3. The van der Waals surface area contributed by atoms with E-state index in [4.69, 9.17) is 4.74 Å². The van der Waals surface area contributed by atoms with Crippen molar-refractivity contribution in [3.8, 4) is 5.75 Å². The van der Waals surface area contributed by atoms with Gasteiger partial charge in [-0.05, 0) is 13.0 Å². The Balaban J connectivity index is 1.58. The molecule has 2 saturated heterocycles. The zero-order valence-corrected chi connectivity index (χ0v) is 14.4. The van der Waals surface area contributed by atoms with Gasteiger partial charge in [-0.1, -0.05) is 0 Å². The Morgan fingerprint density at radius 3 is 2.52 bits per heavy atom. The van der Waals surface area contributed by atoms with Crippen molar-refractivity contribution < 1.29 is 19.1 Å². The molecule has 1 aromatic rings.